The van der Waals surface area contributed by atoms with Gasteiger partial charge in [0.25, 0.3) is 0 Å². The highest BCUT2D eigenvalue weighted by Gasteiger charge is 2.22. The van der Waals surface area contributed by atoms with Gasteiger partial charge < -0.3 is 9.67 Å². The summed E-state index contributed by atoms with van der Waals surface area (Å²) in [4.78, 5) is 0. The monoisotopic (exact) mass is 239 g/mol. The van der Waals surface area contributed by atoms with Gasteiger partial charge in [-0.1, -0.05) is 0 Å². The van der Waals surface area contributed by atoms with E-state index in [1.54, 1.807) is 0 Å². The van der Waals surface area contributed by atoms with Gasteiger partial charge in [-0.3, -0.25) is 0 Å². The van der Waals surface area contributed by atoms with E-state index < -0.39 is 0 Å². The van der Waals surface area contributed by atoms with Crippen LogP contribution in [0, 0.1) is 6.92 Å². The second kappa shape index (κ2) is 5.28. The van der Waals surface area contributed by atoms with Gasteiger partial charge in [-0.25, -0.2) is 0 Å². The van der Waals surface area contributed by atoms with Crippen LogP contribution in [0.15, 0.2) is 6.07 Å². The normalized spacial score (nSPS) is 19.8. The number of nitrogens with zero attached hydrogens (tertiary/aromatic N) is 1. The van der Waals surface area contributed by atoms with E-state index in [2.05, 4.69) is 23.8 Å². The second-order valence-electron chi connectivity index (χ2n) is 4.59. The Morgan fingerprint density at radius 1 is 1.56 bits per heavy atom. The molecule has 1 unspecified atom stereocenters. The van der Waals surface area contributed by atoms with E-state index in [0.29, 0.717) is 0 Å². The summed E-state index contributed by atoms with van der Waals surface area (Å²) in [7, 11) is 0. The predicted molar refractivity (Wildman–Crippen MR) is 70.1 cm³/mol. The minimum atomic E-state index is -0.218. The van der Waals surface area contributed by atoms with E-state index in [1.165, 1.54) is 29.1 Å². The number of aliphatic hydroxyl groups excluding tert-OH is 1. The van der Waals surface area contributed by atoms with Crippen LogP contribution in [-0.2, 0) is 13.0 Å². The highest BCUT2D eigenvalue weighted by atomic mass is 32.2. The molecule has 1 aromatic heterocycles. The fourth-order valence-electron chi connectivity index (χ4n) is 2.62. The van der Waals surface area contributed by atoms with Crippen molar-refractivity contribution in [2.75, 3.05) is 12.0 Å². The summed E-state index contributed by atoms with van der Waals surface area (Å²) < 4.78 is 2.41. The topological polar surface area (TPSA) is 25.2 Å². The van der Waals surface area contributed by atoms with E-state index in [4.69, 9.17) is 0 Å². The number of aromatic nitrogens is 1. The number of hydrogen-bond acceptors (Lipinski definition) is 2. The minimum Gasteiger partial charge on any atom is -0.388 e. The third-order valence-electron chi connectivity index (χ3n) is 3.43. The van der Waals surface area contributed by atoms with Crippen molar-refractivity contribution in [3.63, 3.8) is 0 Å². The fraction of sp³-hybridized carbons (Fsp3) is 0.692. The summed E-state index contributed by atoms with van der Waals surface area (Å²) in [5.41, 5.74) is 3.89. The molecule has 90 valence electrons. The van der Waals surface area contributed by atoms with Gasteiger partial charge in [0.05, 0.1) is 6.10 Å². The lowest BCUT2D eigenvalue weighted by atomic mass is 9.95. The van der Waals surface area contributed by atoms with Crippen molar-refractivity contribution < 1.29 is 5.11 Å². The maximum atomic E-state index is 9.95. The first-order chi connectivity index (χ1) is 7.74. The van der Waals surface area contributed by atoms with Gasteiger partial charge in [-0.2, -0.15) is 11.8 Å². The Morgan fingerprint density at radius 3 is 3.12 bits per heavy atom. The van der Waals surface area contributed by atoms with Crippen LogP contribution >= 0.6 is 11.8 Å². The van der Waals surface area contributed by atoms with Crippen molar-refractivity contribution in [1.29, 1.82) is 0 Å². The predicted octanol–water partition coefficient (Wildman–Crippen LogP) is 2.92. The Morgan fingerprint density at radius 2 is 2.38 bits per heavy atom. The van der Waals surface area contributed by atoms with Crippen LogP contribution in [0.1, 0.15) is 42.3 Å². The van der Waals surface area contributed by atoms with Crippen LogP contribution in [0.5, 0.6) is 0 Å². The highest BCUT2D eigenvalue weighted by molar-refractivity contribution is 7.98. The first-order valence-electron chi connectivity index (χ1n) is 6.10. The van der Waals surface area contributed by atoms with Crippen LogP contribution in [0.3, 0.4) is 0 Å². The summed E-state index contributed by atoms with van der Waals surface area (Å²) >= 11 is 1.90. The van der Waals surface area contributed by atoms with Crippen molar-refractivity contribution in [3.8, 4) is 0 Å². The first-order valence-corrected chi connectivity index (χ1v) is 7.49. The molecule has 0 aromatic carbocycles. The molecule has 0 aliphatic heterocycles. The van der Waals surface area contributed by atoms with Gasteiger partial charge in [-0.15, -0.1) is 0 Å². The van der Waals surface area contributed by atoms with Crippen molar-refractivity contribution in [3.05, 3.63) is 23.0 Å². The Kier molecular flexibility index (Phi) is 3.98. The first kappa shape index (κ1) is 12.1. The van der Waals surface area contributed by atoms with Gasteiger partial charge in [0.1, 0.15) is 0 Å². The maximum absolute atomic E-state index is 9.95. The molecule has 1 atom stereocenters. The summed E-state index contributed by atoms with van der Waals surface area (Å²) in [6.45, 7) is 3.26. The molecule has 3 heteroatoms. The molecule has 2 nitrogen and oxygen atoms in total. The lowest BCUT2D eigenvalue weighted by Crippen LogP contribution is -2.13. The Hall–Kier alpha value is -0.410. The van der Waals surface area contributed by atoms with Gasteiger partial charge in [0, 0.05) is 23.5 Å². The summed E-state index contributed by atoms with van der Waals surface area (Å²) in [6, 6.07) is 2.18. The summed E-state index contributed by atoms with van der Waals surface area (Å²) in [6.07, 6.45) is 6.35. The molecule has 0 bridgehead atoms. The zero-order valence-corrected chi connectivity index (χ0v) is 11.0. The average Bonchev–Trinajstić information content (AvgIpc) is 2.58. The van der Waals surface area contributed by atoms with Crippen molar-refractivity contribution in [2.45, 2.75) is 45.3 Å². The average molecular weight is 239 g/mol. The zero-order valence-electron chi connectivity index (χ0n) is 10.2. The number of thioether (sulfide) groups is 1. The smallest absolute Gasteiger partial charge is 0.0807 e. The van der Waals surface area contributed by atoms with Crippen LogP contribution in [0.25, 0.3) is 0 Å². The van der Waals surface area contributed by atoms with E-state index in [-0.39, 0.29) is 6.10 Å². The van der Waals surface area contributed by atoms with Gasteiger partial charge in [0.15, 0.2) is 0 Å². The molecule has 0 fully saturated rings. The largest absolute Gasteiger partial charge is 0.388 e. The number of fused-ring (bicyclic) bond motifs is 1. The standard InChI is InChI=1S/C13H21NOS/c1-10-9-11-12(5-3-6-13(11)15)14(10)7-4-8-16-2/h9,13,15H,3-8H2,1-2H3. The van der Waals surface area contributed by atoms with Crippen LogP contribution in [0.2, 0.25) is 0 Å². The third-order valence-corrected chi connectivity index (χ3v) is 4.13. The fourth-order valence-corrected chi connectivity index (χ4v) is 3.04. The number of rotatable bonds is 4. The van der Waals surface area contributed by atoms with E-state index in [1.807, 2.05) is 11.8 Å². The molecule has 0 radical (unpaired) electrons. The molecule has 0 amide bonds. The number of aliphatic hydroxyl groups is 1. The minimum absolute atomic E-state index is 0.218. The molecular weight excluding hydrogens is 218 g/mol. The van der Waals surface area contributed by atoms with Gasteiger partial charge >= 0.3 is 0 Å². The molecule has 2 rings (SSSR count). The molecule has 0 saturated carbocycles. The van der Waals surface area contributed by atoms with Crippen LogP contribution in [-0.4, -0.2) is 21.7 Å². The van der Waals surface area contributed by atoms with E-state index in [9.17, 15) is 5.11 Å². The molecule has 1 aliphatic carbocycles. The SMILES string of the molecule is CSCCCn1c(C)cc2c1CCCC2O. The summed E-state index contributed by atoms with van der Waals surface area (Å²) in [5, 5.41) is 9.95. The lowest BCUT2D eigenvalue weighted by molar-refractivity contribution is 0.155. The maximum Gasteiger partial charge on any atom is 0.0807 e. The van der Waals surface area contributed by atoms with Crippen molar-refractivity contribution in [2.24, 2.45) is 0 Å². The van der Waals surface area contributed by atoms with E-state index >= 15 is 0 Å². The Bertz CT molecular complexity index is 359. The van der Waals surface area contributed by atoms with Gasteiger partial charge in [0.2, 0.25) is 0 Å². The van der Waals surface area contributed by atoms with Crippen LogP contribution < -0.4 is 0 Å². The quantitative estimate of drug-likeness (QED) is 0.817. The molecule has 0 spiro atoms. The molecule has 1 N–H and O–H groups in total. The zero-order chi connectivity index (χ0) is 11.5. The lowest BCUT2D eigenvalue weighted by Gasteiger charge is -2.20. The van der Waals surface area contributed by atoms with E-state index in [0.717, 1.165) is 25.8 Å². The molecule has 1 heterocycles. The van der Waals surface area contributed by atoms with Gasteiger partial charge in [-0.05, 0) is 50.7 Å². The second-order valence-corrected chi connectivity index (χ2v) is 5.58. The summed E-state index contributed by atoms with van der Waals surface area (Å²) in [5.74, 6) is 1.22. The molecule has 1 aromatic rings. The van der Waals surface area contributed by atoms with Crippen molar-refractivity contribution in [1.82, 2.24) is 4.57 Å². The Labute approximate surface area is 102 Å². The number of hydrogen-bond donors (Lipinski definition) is 1. The Balaban J connectivity index is 2.17. The highest BCUT2D eigenvalue weighted by Crippen LogP contribution is 2.32. The molecule has 0 saturated heterocycles. The number of aryl methyl sites for hydroxylation is 1. The molecule has 1 aliphatic rings. The van der Waals surface area contributed by atoms with Crippen molar-refractivity contribution >= 4 is 11.8 Å². The molecular formula is C13H21NOS. The molecule has 16 heavy (non-hydrogen) atoms. The van der Waals surface area contributed by atoms with Crippen LogP contribution in [0.4, 0.5) is 0 Å². The third kappa shape index (κ3) is 2.30.